The number of imidazole rings is 1. The van der Waals surface area contributed by atoms with E-state index in [1.165, 1.54) is 32.0 Å². The van der Waals surface area contributed by atoms with E-state index < -0.39 is 0 Å². The summed E-state index contributed by atoms with van der Waals surface area (Å²) in [6.07, 6.45) is 12.0. The minimum atomic E-state index is -0.263. The van der Waals surface area contributed by atoms with Gasteiger partial charge in [-0.1, -0.05) is 12.7 Å². The van der Waals surface area contributed by atoms with Crippen LogP contribution in [0.1, 0.15) is 37.4 Å². The molecule has 0 saturated carbocycles. The second-order valence-electron chi connectivity index (χ2n) is 11.2. The fourth-order valence-corrected chi connectivity index (χ4v) is 5.76. The Morgan fingerprint density at radius 1 is 1.05 bits per heavy atom. The van der Waals surface area contributed by atoms with Crippen molar-refractivity contribution in [3.8, 4) is 22.8 Å². The van der Waals surface area contributed by atoms with E-state index in [0.29, 0.717) is 28.2 Å². The largest absolute Gasteiger partial charge is 0.378 e. The van der Waals surface area contributed by atoms with Gasteiger partial charge in [0.2, 0.25) is 0 Å². The number of fused-ring (bicyclic) bond motifs is 2. The summed E-state index contributed by atoms with van der Waals surface area (Å²) in [7, 11) is 3.97. The summed E-state index contributed by atoms with van der Waals surface area (Å²) in [6, 6.07) is 11.0. The van der Waals surface area contributed by atoms with E-state index in [0.717, 1.165) is 58.5 Å². The van der Waals surface area contributed by atoms with Gasteiger partial charge >= 0.3 is 0 Å². The molecule has 0 amide bonds. The lowest BCUT2D eigenvalue weighted by Gasteiger charge is -2.14. The number of H-pyrrole nitrogens is 2. The van der Waals surface area contributed by atoms with E-state index >= 15 is 0 Å². The molecule has 9 heteroatoms. The number of nitrogens with one attached hydrogen (secondary N) is 2. The fourth-order valence-electron chi connectivity index (χ4n) is 5.76. The normalized spacial score (nSPS) is 14.7. The molecule has 4 aromatic heterocycles. The predicted octanol–water partition coefficient (Wildman–Crippen LogP) is 6.77. The molecule has 5 heterocycles. The van der Waals surface area contributed by atoms with Gasteiger partial charge in [0.1, 0.15) is 16.9 Å². The number of likely N-dealkylation sites (N-methyl/N-ethyl adjacent to an activating group) is 1. The third-order valence-corrected chi connectivity index (χ3v) is 8.04. The predicted molar refractivity (Wildman–Crippen MR) is 172 cm³/mol. The van der Waals surface area contributed by atoms with Gasteiger partial charge in [-0.25, -0.2) is 14.4 Å². The van der Waals surface area contributed by atoms with Crippen molar-refractivity contribution < 1.29 is 4.39 Å². The van der Waals surface area contributed by atoms with Crippen LogP contribution >= 0.6 is 0 Å². The number of aromatic nitrogens is 6. The lowest BCUT2D eigenvalue weighted by molar-refractivity contribution is 0.334. The summed E-state index contributed by atoms with van der Waals surface area (Å²) in [5, 5.41) is 7.65. The van der Waals surface area contributed by atoms with Crippen molar-refractivity contribution in [2.24, 2.45) is 0 Å². The first-order valence-corrected chi connectivity index (χ1v) is 14.8. The Hall–Kier alpha value is -4.63. The Kier molecular flexibility index (Phi) is 8.16. The van der Waals surface area contributed by atoms with Crippen LogP contribution in [0.2, 0.25) is 0 Å². The third kappa shape index (κ3) is 5.99. The van der Waals surface area contributed by atoms with E-state index in [1.807, 2.05) is 62.3 Å². The molecule has 5 aromatic rings. The van der Waals surface area contributed by atoms with Crippen LogP contribution in [-0.2, 0) is 6.42 Å². The minimum Gasteiger partial charge on any atom is -0.378 e. The highest BCUT2D eigenvalue weighted by Gasteiger charge is 2.18. The van der Waals surface area contributed by atoms with E-state index in [9.17, 15) is 4.39 Å². The molecule has 8 nitrogen and oxygen atoms in total. The van der Waals surface area contributed by atoms with Gasteiger partial charge in [0, 0.05) is 31.6 Å². The van der Waals surface area contributed by atoms with Gasteiger partial charge in [-0.3, -0.25) is 10.1 Å². The number of hydrogen-bond donors (Lipinski definition) is 2. The lowest BCUT2D eigenvalue weighted by atomic mass is 10.0. The average molecular weight is 577 g/mol. The number of rotatable bonds is 10. The number of allylic oxidation sites excluding steroid dienone is 4. The summed E-state index contributed by atoms with van der Waals surface area (Å²) in [4.78, 5) is 22.4. The molecule has 1 aromatic carbocycles. The summed E-state index contributed by atoms with van der Waals surface area (Å²) in [5.74, 6) is 0.306. The Labute approximate surface area is 251 Å². The Bertz CT molecular complexity index is 1840. The van der Waals surface area contributed by atoms with Gasteiger partial charge in [-0.2, -0.15) is 5.10 Å². The highest BCUT2D eigenvalue weighted by atomic mass is 19.1. The number of nitrogens with zero attached hydrogens (tertiary/aromatic N) is 6. The topological polar surface area (TPSA) is 89.6 Å². The molecule has 0 atom stereocenters. The maximum absolute atomic E-state index is 14.8. The molecular weight excluding hydrogens is 539 g/mol. The Balaban J connectivity index is 1.34. The number of benzene rings is 1. The molecule has 0 aliphatic carbocycles. The molecule has 220 valence electrons. The molecule has 0 unspecified atom stereocenters. The van der Waals surface area contributed by atoms with Crippen LogP contribution < -0.4 is 0 Å². The molecule has 1 fully saturated rings. The average Bonchev–Trinajstić information content (AvgIpc) is 3.76. The molecule has 0 bridgehead atoms. The SMILES string of the molecule is C=C/C(=C\C(=C/C)c1ccc2[nH]nc(-c3nc4c(-c5cc(F)cc(CCCN6CCCC6)c5)nccc4[nH]3)c2n1)N(C)C. The second-order valence-corrected chi connectivity index (χ2v) is 11.2. The molecule has 43 heavy (non-hydrogen) atoms. The van der Waals surface area contributed by atoms with Crippen LogP contribution in [0.5, 0.6) is 0 Å². The second kappa shape index (κ2) is 12.3. The van der Waals surface area contributed by atoms with Crippen LogP contribution in [0, 0.1) is 5.82 Å². The van der Waals surface area contributed by atoms with Gasteiger partial charge in [0.25, 0.3) is 0 Å². The van der Waals surface area contributed by atoms with Crippen molar-refractivity contribution in [2.75, 3.05) is 33.7 Å². The summed E-state index contributed by atoms with van der Waals surface area (Å²) in [5.41, 5.74) is 8.66. The zero-order valence-electron chi connectivity index (χ0n) is 25.0. The van der Waals surface area contributed by atoms with E-state index in [1.54, 1.807) is 12.3 Å². The van der Waals surface area contributed by atoms with Crippen molar-refractivity contribution >= 4 is 27.6 Å². The number of pyridine rings is 2. The van der Waals surface area contributed by atoms with Crippen molar-refractivity contribution in [3.05, 3.63) is 90.2 Å². The molecule has 1 saturated heterocycles. The molecule has 2 N–H and O–H groups in total. The van der Waals surface area contributed by atoms with Crippen LogP contribution in [0.4, 0.5) is 4.39 Å². The van der Waals surface area contributed by atoms with Crippen molar-refractivity contribution in [2.45, 2.75) is 32.6 Å². The maximum Gasteiger partial charge on any atom is 0.161 e. The van der Waals surface area contributed by atoms with Crippen molar-refractivity contribution in [3.63, 3.8) is 0 Å². The summed E-state index contributed by atoms with van der Waals surface area (Å²) in [6.45, 7) is 9.31. The zero-order chi connectivity index (χ0) is 29.9. The van der Waals surface area contributed by atoms with Gasteiger partial charge < -0.3 is 14.8 Å². The smallest absolute Gasteiger partial charge is 0.161 e. The Morgan fingerprint density at radius 2 is 1.86 bits per heavy atom. The summed E-state index contributed by atoms with van der Waals surface area (Å²) >= 11 is 0. The van der Waals surface area contributed by atoms with Crippen molar-refractivity contribution in [1.82, 2.24) is 39.9 Å². The first-order chi connectivity index (χ1) is 20.9. The van der Waals surface area contributed by atoms with Crippen LogP contribution in [0.25, 0.3) is 50.4 Å². The van der Waals surface area contributed by atoms with Crippen LogP contribution in [-0.4, -0.2) is 73.7 Å². The van der Waals surface area contributed by atoms with Gasteiger partial charge in [0.05, 0.1) is 22.4 Å². The first kappa shape index (κ1) is 28.5. The number of halogens is 1. The standard InChI is InChI=1S/C34H37FN8/c1-5-23(21-26(6-2)42(3)4)27-11-12-29-32(37-27)33(41-40-29)34-38-28-13-14-36-30(31(28)39-34)24-18-22(19-25(35)20-24)10-9-17-43-15-7-8-16-43/h5-6,11-14,18-21H,2,7-10,15-17H2,1,3-4H3,(H,38,39)(H,40,41)/b23-5+,26-21+. The number of aromatic amines is 2. The molecular formula is C34H37FN8. The first-order valence-electron chi connectivity index (χ1n) is 14.8. The monoisotopic (exact) mass is 576 g/mol. The highest BCUT2D eigenvalue weighted by Crippen LogP contribution is 2.31. The maximum atomic E-state index is 14.8. The van der Waals surface area contributed by atoms with E-state index in [-0.39, 0.29) is 5.82 Å². The van der Waals surface area contributed by atoms with Gasteiger partial charge in [0.15, 0.2) is 11.5 Å². The minimum absolute atomic E-state index is 0.263. The van der Waals surface area contributed by atoms with Crippen LogP contribution in [0.3, 0.4) is 0 Å². The van der Waals surface area contributed by atoms with Crippen LogP contribution in [0.15, 0.2) is 73.1 Å². The fraction of sp³-hybridized carbons (Fsp3) is 0.294. The van der Waals surface area contributed by atoms with Crippen molar-refractivity contribution in [1.29, 1.82) is 0 Å². The molecule has 0 radical (unpaired) electrons. The number of aryl methyl sites for hydroxylation is 1. The highest BCUT2D eigenvalue weighted by molar-refractivity contribution is 5.95. The number of likely N-dealkylation sites (tertiary alicyclic amines) is 1. The molecule has 1 aliphatic rings. The molecule has 6 rings (SSSR count). The summed E-state index contributed by atoms with van der Waals surface area (Å²) < 4.78 is 14.8. The lowest BCUT2D eigenvalue weighted by Crippen LogP contribution is -2.20. The van der Waals surface area contributed by atoms with Gasteiger partial charge in [-0.05, 0) is 112 Å². The van der Waals surface area contributed by atoms with E-state index in [4.69, 9.17) is 9.97 Å². The Morgan fingerprint density at radius 3 is 2.63 bits per heavy atom. The van der Waals surface area contributed by atoms with Gasteiger partial charge in [-0.15, -0.1) is 0 Å². The third-order valence-electron chi connectivity index (χ3n) is 8.04. The van der Waals surface area contributed by atoms with E-state index in [2.05, 4.69) is 37.7 Å². The zero-order valence-corrected chi connectivity index (χ0v) is 25.0. The molecule has 1 aliphatic heterocycles. The quantitative estimate of drug-likeness (QED) is 0.179. The molecule has 0 spiro atoms. The number of hydrogen-bond acceptors (Lipinski definition) is 6.